The molecule has 0 spiro atoms. The number of nitrogens with two attached hydrogens (primary N) is 1. The molecule has 0 fully saturated rings. The van der Waals surface area contributed by atoms with Crippen molar-refractivity contribution in [1.82, 2.24) is 14.9 Å². The number of pyridine rings is 3. The van der Waals surface area contributed by atoms with Crippen molar-refractivity contribution < 1.29 is 14.5 Å². The van der Waals surface area contributed by atoms with E-state index in [1.807, 2.05) is 68.7 Å². The monoisotopic (exact) mass is 542 g/mol. The topological polar surface area (TPSA) is 134 Å². The number of aromatic nitrogens is 3. The van der Waals surface area contributed by atoms with Crippen LogP contribution >= 0.6 is 0 Å². The van der Waals surface area contributed by atoms with Gasteiger partial charge in [-0.2, -0.15) is 4.57 Å². The molecule has 0 saturated carbocycles. The quantitative estimate of drug-likeness (QED) is 0.254. The van der Waals surface area contributed by atoms with Gasteiger partial charge in [0.05, 0.1) is 11.6 Å². The first-order valence-corrected chi connectivity index (χ1v) is 13.2. The molecule has 0 radical (unpaired) electrons. The number of nitrogens with zero attached hydrogens (tertiary/aromatic N) is 2. The van der Waals surface area contributed by atoms with Gasteiger partial charge < -0.3 is 25.7 Å². The van der Waals surface area contributed by atoms with Crippen molar-refractivity contribution in [2.24, 2.45) is 5.73 Å². The molecule has 4 rings (SSSR count). The fourth-order valence-corrected chi connectivity index (χ4v) is 5.05. The van der Waals surface area contributed by atoms with Crippen molar-refractivity contribution in [3.05, 3.63) is 126 Å². The molecule has 0 aliphatic carbocycles. The third kappa shape index (κ3) is 5.89. The van der Waals surface area contributed by atoms with Crippen molar-refractivity contribution in [1.29, 1.82) is 0 Å². The molecular formula is C31H36N5O4+. The Hall–Kier alpha value is -4.50. The number of hydrogen-bond acceptors (Lipinski definition) is 5. The molecule has 1 aromatic carbocycles. The average Bonchev–Trinajstić information content (AvgIpc) is 2.90. The minimum absolute atomic E-state index is 0.0629. The lowest BCUT2D eigenvalue weighted by Crippen LogP contribution is -2.39. The molecule has 3 heterocycles. The molecule has 5 N–H and O–H groups in total. The fourth-order valence-electron chi connectivity index (χ4n) is 5.05. The molecule has 9 nitrogen and oxygen atoms in total. The zero-order valence-electron chi connectivity index (χ0n) is 23.5. The summed E-state index contributed by atoms with van der Waals surface area (Å²) in [4.78, 5) is 40.8. The molecule has 0 aliphatic rings. The largest absolute Gasteiger partial charge is 0.460 e. The van der Waals surface area contributed by atoms with Gasteiger partial charge in [0.25, 0.3) is 17.0 Å². The summed E-state index contributed by atoms with van der Waals surface area (Å²) in [6, 6.07) is 14.3. The molecule has 208 valence electrons. The lowest BCUT2D eigenvalue weighted by molar-refractivity contribution is -0.700. The van der Waals surface area contributed by atoms with E-state index in [4.69, 9.17) is 5.73 Å². The predicted molar refractivity (Wildman–Crippen MR) is 153 cm³/mol. The number of aromatic hydroxyl groups is 1. The third-order valence-corrected chi connectivity index (χ3v) is 7.38. The van der Waals surface area contributed by atoms with Crippen LogP contribution in [0.4, 0.5) is 0 Å². The zero-order valence-corrected chi connectivity index (χ0v) is 23.5. The van der Waals surface area contributed by atoms with Gasteiger partial charge in [-0.15, -0.1) is 0 Å². The smallest absolute Gasteiger partial charge is 0.370 e. The highest BCUT2D eigenvalue weighted by Gasteiger charge is 2.21. The van der Waals surface area contributed by atoms with E-state index in [0.717, 1.165) is 33.6 Å². The minimum Gasteiger partial charge on any atom is -0.460 e. The van der Waals surface area contributed by atoms with E-state index in [-0.39, 0.29) is 41.7 Å². The van der Waals surface area contributed by atoms with Crippen molar-refractivity contribution >= 4 is 5.91 Å². The maximum absolute atomic E-state index is 13.0. The third-order valence-electron chi connectivity index (χ3n) is 7.38. The zero-order chi connectivity index (χ0) is 29.1. The Bertz CT molecular complexity index is 1700. The van der Waals surface area contributed by atoms with Crippen LogP contribution in [0.3, 0.4) is 0 Å². The second-order valence-electron chi connectivity index (χ2n) is 10.3. The molecule has 4 aromatic rings. The van der Waals surface area contributed by atoms with Crippen molar-refractivity contribution in [2.45, 2.75) is 60.3 Å². The van der Waals surface area contributed by atoms with Crippen LogP contribution in [0.5, 0.6) is 5.88 Å². The lowest BCUT2D eigenvalue weighted by Gasteiger charge is -2.17. The van der Waals surface area contributed by atoms with Gasteiger partial charge in [-0.3, -0.25) is 14.4 Å². The van der Waals surface area contributed by atoms with Crippen LogP contribution in [0, 0.1) is 27.7 Å². The summed E-state index contributed by atoms with van der Waals surface area (Å²) in [5.41, 5.74) is 12.0. The SMILES string of the molecule is Cc1cc(C)c(CNC(=O)c2ccn(C(C)c3cccc(C[n+]4c(C)cc(C)c(CN)c4O)c3)c(=O)c2)c(=O)[nH]1. The van der Waals surface area contributed by atoms with E-state index in [9.17, 15) is 19.5 Å². The van der Waals surface area contributed by atoms with Crippen LogP contribution in [0.15, 0.2) is 64.3 Å². The van der Waals surface area contributed by atoms with Gasteiger partial charge in [0.15, 0.2) is 12.2 Å². The maximum Gasteiger partial charge on any atom is 0.370 e. The van der Waals surface area contributed by atoms with Crippen LogP contribution in [0.1, 0.15) is 68.1 Å². The molecule has 0 aliphatic heterocycles. The standard InChI is InChI=1S/C31H35N5O4/c1-18-11-20(3)34-30(39)27(18)16-33-29(38)25-9-10-35(28(37)14-25)22(5)24-8-6-7-23(13-24)17-36-21(4)12-19(2)26(15-32)31(36)40/h6-14,22H,15-17,32H2,1-5H3,(H2,33,34,38,39)/p+1. The Balaban J connectivity index is 1.52. The summed E-state index contributed by atoms with van der Waals surface area (Å²) in [5.74, 6) is -0.272. The highest BCUT2D eigenvalue weighted by atomic mass is 16.3. The lowest BCUT2D eigenvalue weighted by atomic mass is 10.0. The number of rotatable bonds is 8. The summed E-state index contributed by atoms with van der Waals surface area (Å²) in [6.07, 6.45) is 1.61. The number of aromatic amines is 1. The predicted octanol–water partition coefficient (Wildman–Crippen LogP) is 2.81. The highest BCUT2D eigenvalue weighted by Crippen LogP contribution is 2.21. The van der Waals surface area contributed by atoms with Crippen LogP contribution < -0.4 is 26.7 Å². The Labute approximate surface area is 232 Å². The molecule has 9 heteroatoms. The minimum atomic E-state index is -0.430. The van der Waals surface area contributed by atoms with E-state index in [2.05, 4.69) is 10.3 Å². The van der Waals surface area contributed by atoms with Crippen LogP contribution in [-0.2, 0) is 19.6 Å². The molecule has 0 saturated heterocycles. The molecule has 1 atom stereocenters. The summed E-state index contributed by atoms with van der Waals surface area (Å²) in [6.45, 7) is 10.2. The van der Waals surface area contributed by atoms with E-state index in [1.165, 1.54) is 6.07 Å². The van der Waals surface area contributed by atoms with E-state index in [1.54, 1.807) is 23.8 Å². The number of hydrogen-bond donors (Lipinski definition) is 4. The first kappa shape index (κ1) is 28.5. The fraction of sp³-hybridized carbons (Fsp3) is 0.290. The molecule has 1 unspecified atom stereocenters. The first-order valence-electron chi connectivity index (χ1n) is 13.2. The Morgan fingerprint density at radius 3 is 2.45 bits per heavy atom. The van der Waals surface area contributed by atoms with Gasteiger partial charge in [-0.1, -0.05) is 18.2 Å². The Morgan fingerprint density at radius 2 is 1.77 bits per heavy atom. The second-order valence-corrected chi connectivity index (χ2v) is 10.3. The number of carbonyl (C=O) groups is 1. The van der Waals surface area contributed by atoms with Crippen LogP contribution in [0.25, 0.3) is 0 Å². The number of H-pyrrole nitrogens is 1. The van der Waals surface area contributed by atoms with Crippen LogP contribution in [-0.4, -0.2) is 20.6 Å². The number of aryl methyl sites for hydroxylation is 4. The second kappa shape index (κ2) is 11.7. The number of amides is 1. The van der Waals surface area contributed by atoms with Crippen LogP contribution in [0.2, 0.25) is 0 Å². The average molecular weight is 543 g/mol. The summed E-state index contributed by atoms with van der Waals surface area (Å²) in [7, 11) is 0. The van der Waals surface area contributed by atoms with Gasteiger partial charge in [0.1, 0.15) is 0 Å². The summed E-state index contributed by atoms with van der Waals surface area (Å²) >= 11 is 0. The number of benzene rings is 1. The maximum atomic E-state index is 13.0. The number of nitrogens with one attached hydrogen (secondary N) is 2. The van der Waals surface area contributed by atoms with Gasteiger partial charge in [0.2, 0.25) is 0 Å². The molecule has 1 amide bonds. The van der Waals surface area contributed by atoms with Crippen molar-refractivity contribution in [3.63, 3.8) is 0 Å². The summed E-state index contributed by atoms with van der Waals surface area (Å²) < 4.78 is 3.39. The van der Waals surface area contributed by atoms with E-state index < -0.39 is 5.91 Å². The van der Waals surface area contributed by atoms with Gasteiger partial charge in [-0.25, -0.2) is 0 Å². The molecule has 0 bridgehead atoms. The Kier molecular flexibility index (Phi) is 8.35. The molecular weight excluding hydrogens is 506 g/mol. The number of carbonyl (C=O) groups excluding carboxylic acids is 1. The van der Waals surface area contributed by atoms with Crippen molar-refractivity contribution in [3.8, 4) is 5.88 Å². The highest BCUT2D eigenvalue weighted by molar-refractivity contribution is 5.93. The van der Waals surface area contributed by atoms with Gasteiger partial charge in [0, 0.05) is 60.7 Å². The van der Waals surface area contributed by atoms with E-state index >= 15 is 0 Å². The molecule has 3 aromatic heterocycles. The first-order chi connectivity index (χ1) is 19.0. The molecule has 40 heavy (non-hydrogen) atoms. The van der Waals surface area contributed by atoms with Gasteiger partial charge in [-0.05, 0) is 62.6 Å². The van der Waals surface area contributed by atoms with Gasteiger partial charge >= 0.3 is 5.88 Å². The van der Waals surface area contributed by atoms with Crippen molar-refractivity contribution in [2.75, 3.05) is 0 Å². The Morgan fingerprint density at radius 1 is 1.05 bits per heavy atom. The summed E-state index contributed by atoms with van der Waals surface area (Å²) in [5, 5.41) is 13.5. The normalized spacial score (nSPS) is 11.8. The van der Waals surface area contributed by atoms with E-state index in [0.29, 0.717) is 17.7 Å².